The molecule has 1 fully saturated rings. The quantitative estimate of drug-likeness (QED) is 0.127. The molecule has 3 atom stereocenters. The number of carbonyl (C=O) groups is 2. The van der Waals surface area contributed by atoms with Crippen LogP contribution in [0.15, 0.2) is 78.9 Å². The fourth-order valence-corrected chi connectivity index (χ4v) is 9.11. The Labute approximate surface area is 298 Å². The first-order chi connectivity index (χ1) is 24.4. The van der Waals surface area contributed by atoms with Crippen LogP contribution in [-0.4, -0.2) is 45.3 Å². The smallest absolute Gasteiger partial charge is 0.341 e. The number of aromatic nitrogens is 2. The average Bonchev–Trinajstić information content (AvgIpc) is 3.55. The van der Waals surface area contributed by atoms with Crippen molar-refractivity contribution < 1.29 is 29.3 Å². The lowest BCUT2D eigenvalue weighted by Gasteiger charge is -2.56. The van der Waals surface area contributed by atoms with Crippen molar-refractivity contribution in [1.29, 1.82) is 0 Å². The monoisotopic (exact) mass is 686 g/mol. The molecular weight excluding hydrogens is 640 g/mol. The number of imidazole rings is 1. The van der Waals surface area contributed by atoms with Crippen molar-refractivity contribution in [3.8, 4) is 34.0 Å². The van der Waals surface area contributed by atoms with E-state index in [-0.39, 0.29) is 10.8 Å². The van der Waals surface area contributed by atoms with Gasteiger partial charge < -0.3 is 24.7 Å². The van der Waals surface area contributed by atoms with Gasteiger partial charge in [-0.25, -0.2) is 14.6 Å². The van der Waals surface area contributed by atoms with Crippen LogP contribution in [0.4, 0.5) is 0 Å². The Morgan fingerprint density at radius 3 is 2.25 bits per heavy atom. The van der Waals surface area contributed by atoms with Crippen LogP contribution in [0.3, 0.4) is 0 Å². The molecule has 0 aliphatic heterocycles. The number of carboxylic acids is 2. The minimum Gasteiger partial charge on any atom is -0.482 e. The molecule has 2 aliphatic rings. The molecule has 0 amide bonds. The molecule has 1 saturated carbocycles. The number of hydrogen-bond acceptors (Lipinski definition) is 5. The zero-order valence-electron chi connectivity index (χ0n) is 29.8. The fraction of sp³-hybridized carbons (Fsp3) is 0.372. The number of hydrogen-bond donors (Lipinski definition) is 3. The Morgan fingerprint density at radius 2 is 1.57 bits per heavy atom. The minimum absolute atomic E-state index is 0.00837. The molecule has 8 nitrogen and oxygen atoms in total. The molecule has 0 radical (unpaired) electrons. The molecule has 0 saturated heterocycles. The van der Waals surface area contributed by atoms with Gasteiger partial charge in [-0.2, -0.15) is 0 Å². The highest BCUT2D eigenvalue weighted by Gasteiger charge is 2.52. The van der Waals surface area contributed by atoms with Gasteiger partial charge in [-0.1, -0.05) is 82.6 Å². The molecule has 7 rings (SSSR count). The van der Waals surface area contributed by atoms with Gasteiger partial charge in [-0.3, -0.25) is 0 Å². The van der Waals surface area contributed by atoms with Gasteiger partial charge in [0, 0.05) is 5.56 Å². The van der Waals surface area contributed by atoms with Gasteiger partial charge in [-0.05, 0) is 118 Å². The van der Waals surface area contributed by atoms with Gasteiger partial charge in [0.2, 0.25) is 0 Å². The SMILES string of the molecule is CC(C)c1ccc2c(c1)CC[C@H]1[C@@](C)(Cc3c(-c4cccc(OCC(=O)O)c4)ccc4[nH]c(-c5cccc(OCC(=O)O)c5)nc34)CCC[C@]21C. The summed E-state index contributed by atoms with van der Waals surface area (Å²) >= 11 is 0. The minimum atomic E-state index is -1.03. The summed E-state index contributed by atoms with van der Waals surface area (Å²) in [6.45, 7) is 8.68. The maximum absolute atomic E-state index is 11.3. The first-order valence-electron chi connectivity index (χ1n) is 18.0. The summed E-state index contributed by atoms with van der Waals surface area (Å²) in [5.74, 6) is 0.562. The second-order valence-electron chi connectivity index (χ2n) is 15.3. The first-order valence-corrected chi connectivity index (χ1v) is 18.0. The predicted octanol–water partition coefficient (Wildman–Crippen LogP) is 9.20. The number of ether oxygens (including phenoxy) is 2. The third-order valence-corrected chi connectivity index (χ3v) is 11.5. The Balaban J connectivity index is 1.32. The second-order valence-corrected chi connectivity index (χ2v) is 15.3. The number of aliphatic carboxylic acids is 2. The highest BCUT2D eigenvalue weighted by Crippen LogP contribution is 2.59. The van der Waals surface area contributed by atoms with E-state index in [1.165, 1.54) is 23.1 Å². The predicted molar refractivity (Wildman–Crippen MR) is 199 cm³/mol. The van der Waals surface area contributed by atoms with Crippen LogP contribution in [-0.2, 0) is 27.8 Å². The van der Waals surface area contributed by atoms with Crippen LogP contribution in [0.1, 0.15) is 81.5 Å². The van der Waals surface area contributed by atoms with E-state index in [0.29, 0.717) is 29.2 Å². The lowest BCUT2D eigenvalue weighted by Crippen LogP contribution is -2.50. The number of nitrogens with one attached hydrogen (secondary N) is 1. The number of aryl methyl sites for hydroxylation is 1. The zero-order valence-corrected chi connectivity index (χ0v) is 29.8. The van der Waals surface area contributed by atoms with Crippen LogP contribution in [0.2, 0.25) is 0 Å². The van der Waals surface area contributed by atoms with Gasteiger partial charge in [0.1, 0.15) is 17.3 Å². The Kier molecular flexibility index (Phi) is 9.12. The number of carboxylic acid groups (broad SMARTS) is 2. The molecule has 8 heteroatoms. The number of aromatic amines is 1. The molecule has 264 valence electrons. The third kappa shape index (κ3) is 6.72. The molecule has 5 aromatic rings. The number of H-pyrrole nitrogens is 1. The second kappa shape index (κ2) is 13.5. The molecule has 0 unspecified atom stereocenters. The van der Waals surface area contributed by atoms with Crippen molar-refractivity contribution in [2.75, 3.05) is 13.2 Å². The molecular formula is C43H46N2O6. The molecule has 0 bridgehead atoms. The van der Waals surface area contributed by atoms with Crippen molar-refractivity contribution in [2.45, 2.75) is 77.6 Å². The van der Waals surface area contributed by atoms with E-state index in [2.05, 4.69) is 63.0 Å². The summed E-state index contributed by atoms with van der Waals surface area (Å²) in [6.07, 6.45) is 6.48. The Hall–Kier alpha value is -5.11. The highest BCUT2D eigenvalue weighted by molar-refractivity contribution is 5.89. The number of rotatable bonds is 11. The van der Waals surface area contributed by atoms with Crippen molar-refractivity contribution in [2.24, 2.45) is 11.3 Å². The van der Waals surface area contributed by atoms with E-state index in [4.69, 9.17) is 19.6 Å². The summed E-state index contributed by atoms with van der Waals surface area (Å²) in [5.41, 5.74) is 10.2. The molecule has 51 heavy (non-hydrogen) atoms. The fourth-order valence-electron chi connectivity index (χ4n) is 9.11. The van der Waals surface area contributed by atoms with Crippen LogP contribution in [0.25, 0.3) is 33.5 Å². The van der Waals surface area contributed by atoms with E-state index in [0.717, 1.165) is 65.4 Å². The molecule has 1 aromatic heterocycles. The van der Waals surface area contributed by atoms with E-state index in [1.807, 2.05) is 36.4 Å². The molecule has 1 heterocycles. The maximum atomic E-state index is 11.3. The normalized spacial score (nSPS) is 21.2. The topological polar surface area (TPSA) is 122 Å². The molecule has 2 aliphatic carbocycles. The van der Waals surface area contributed by atoms with E-state index in [1.54, 1.807) is 12.1 Å². The lowest BCUT2D eigenvalue weighted by molar-refractivity contribution is -0.140. The van der Waals surface area contributed by atoms with Gasteiger partial charge >= 0.3 is 11.9 Å². The van der Waals surface area contributed by atoms with Crippen LogP contribution in [0.5, 0.6) is 11.5 Å². The average molecular weight is 687 g/mol. The lowest BCUT2D eigenvalue weighted by atomic mass is 9.48. The van der Waals surface area contributed by atoms with Crippen LogP contribution >= 0.6 is 0 Å². The standard InChI is InChI=1S/C43H46N2O6/c1-26(2)27-12-15-35-29(20-27)13-17-37-42(3,18-7-19-43(35,37)4)23-34-33(28-8-5-10-31(21-28)50-24-38(46)47)14-16-36-40(34)45-41(44-36)30-9-6-11-32(22-30)51-25-39(48)49/h5-6,8-12,14-16,20-22,26,37H,7,13,17-19,23-25H2,1-4H3,(H,44,45)(H,46,47)(H,48,49)/t37-,42+,43+/m0/s1. The molecule has 0 spiro atoms. The summed E-state index contributed by atoms with van der Waals surface area (Å²) < 4.78 is 11.1. The van der Waals surface area contributed by atoms with E-state index in [9.17, 15) is 14.7 Å². The van der Waals surface area contributed by atoms with Crippen LogP contribution in [0, 0.1) is 11.3 Å². The molecule has 4 aromatic carbocycles. The number of nitrogens with zero attached hydrogens (tertiary/aromatic N) is 1. The largest absolute Gasteiger partial charge is 0.482 e. The first kappa shape index (κ1) is 34.3. The summed E-state index contributed by atoms with van der Waals surface area (Å²) in [4.78, 5) is 31.2. The zero-order chi connectivity index (χ0) is 35.9. The summed E-state index contributed by atoms with van der Waals surface area (Å²) in [6, 6.07) is 26.4. The number of fused-ring (bicyclic) bond motifs is 4. The van der Waals surface area contributed by atoms with E-state index < -0.39 is 25.2 Å². The van der Waals surface area contributed by atoms with E-state index >= 15 is 0 Å². The van der Waals surface area contributed by atoms with Crippen molar-refractivity contribution >= 4 is 23.0 Å². The van der Waals surface area contributed by atoms with Gasteiger partial charge in [0.15, 0.2) is 13.2 Å². The Bertz CT molecular complexity index is 2120. The maximum Gasteiger partial charge on any atom is 0.341 e. The highest BCUT2D eigenvalue weighted by atomic mass is 16.5. The summed E-state index contributed by atoms with van der Waals surface area (Å²) in [5, 5.41) is 18.4. The van der Waals surface area contributed by atoms with Crippen molar-refractivity contribution in [3.05, 3.63) is 101 Å². The van der Waals surface area contributed by atoms with Crippen molar-refractivity contribution in [1.82, 2.24) is 9.97 Å². The number of benzene rings is 4. The van der Waals surface area contributed by atoms with Gasteiger partial charge in [0.05, 0.1) is 11.0 Å². The molecule has 3 N–H and O–H groups in total. The van der Waals surface area contributed by atoms with Gasteiger partial charge in [-0.15, -0.1) is 0 Å². The Morgan fingerprint density at radius 1 is 0.882 bits per heavy atom. The summed E-state index contributed by atoms with van der Waals surface area (Å²) in [7, 11) is 0. The third-order valence-electron chi connectivity index (χ3n) is 11.5. The van der Waals surface area contributed by atoms with Crippen molar-refractivity contribution in [3.63, 3.8) is 0 Å². The van der Waals surface area contributed by atoms with Gasteiger partial charge in [0.25, 0.3) is 0 Å². The van der Waals surface area contributed by atoms with Crippen LogP contribution < -0.4 is 9.47 Å².